The van der Waals surface area contributed by atoms with Gasteiger partial charge in [-0.2, -0.15) is 0 Å². The Bertz CT molecular complexity index is 578. The van der Waals surface area contributed by atoms with Crippen LogP contribution in [0.4, 0.5) is 5.69 Å². The van der Waals surface area contributed by atoms with Gasteiger partial charge in [-0.05, 0) is 23.7 Å². The first kappa shape index (κ1) is 11.9. The minimum absolute atomic E-state index is 0.0679. The van der Waals surface area contributed by atoms with Crippen LogP contribution in [0.15, 0.2) is 28.7 Å². The van der Waals surface area contributed by atoms with Gasteiger partial charge < -0.3 is 5.32 Å². The normalized spacial score (nSPS) is 11.4. The summed E-state index contributed by atoms with van der Waals surface area (Å²) in [7, 11) is -3.24. The van der Waals surface area contributed by atoms with Gasteiger partial charge in [0.15, 0.2) is 14.9 Å². The summed E-state index contributed by atoms with van der Waals surface area (Å²) in [5.74, 6) is 0. The van der Waals surface area contributed by atoms with Gasteiger partial charge in [0.05, 0.1) is 24.1 Å². The number of anilines is 1. The van der Waals surface area contributed by atoms with E-state index in [1.54, 1.807) is 6.07 Å². The molecule has 0 aromatic carbocycles. The second kappa shape index (κ2) is 4.76. The molecule has 0 atom stereocenters. The van der Waals surface area contributed by atoms with E-state index in [-0.39, 0.29) is 5.03 Å². The molecule has 2 aromatic rings. The second-order valence-electron chi connectivity index (χ2n) is 3.41. The number of rotatable bonds is 4. The van der Waals surface area contributed by atoms with Crippen molar-refractivity contribution >= 4 is 27.1 Å². The predicted molar refractivity (Wildman–Crippen MR) is 64.6 cm³/mol. The topological polar surface area (TPSA) is 84.8 Å². The highest BCUT2D eigenvalue weighted by Gasteiger charge is 2.07. The molecule has 2 aromatic heterocycles. The van der Waals surface area contributed by atoms with Gasteiger partial charge in [0.25, 0.3) is 0 Å². The van der Waals surface area contributed by atoms with Crippen LogP contribution in [0.3, 0.4) is 0 Å². The van der Waals surface area contributed by atoms with Crippen molar-refractivity contribution in [2.24, 2.45) is 0 Å². The molecule has 0 aliphatic heterocycles. The Hall–Kier alpha value is -1.54. The molecule has 8 heteroatoms. The Morgan fingerprint density at radius 3 is 2.76 bits per heavy atom. The fourth-order valence-electron chi connectivity index (χ4n) is 1.16. The molecule has 0 aliphatic carbocycles. The lowest BCUT2D eigenvalue weighted by Gasteiger charge is -2.04. The fourth-order valence-corrected chi connectivity index (χ4v) is 2.17. The van der Waals surface area contributed by atoms with Crippen LogP contribution in [-0.4, -0.2) is 29.2 Å². The summed E-state index contributed by atoms with van der Waals surface area (Å²) < 4.78 is 26.1. The van der Waals surface area contributed by atoms with Crippen molar-refractivity contribution in [3.63, 3.8) is 0 Å². The highest BCUT2D eigenvalue weighted by atomic mass is 32.2. The zero-order valence-electron chi connectivity index (χ0n) is 8.99. The Morgan fingerprint density at radius 2 is 2.24 bits per heavy atom. The molecule has 0 saturated carbocycles. The summed E-state index contributed by atoms with van der Waals surface area (Å²) in [6.45, 7) is 0.538. The molecule has 0 unspecified atom stereocenters. The average Bonchev–Trinajstić information content (AvgIpc) is 2.78. The summed E-state index contributed by atoms with van der Waals surface area (Å²) in [4.78, 5) is 3.87. The Kier molecular flexibility index (Phi) is 3.34. The van der Waals surface area contributed by atoms with Gasteiger partial charge in [-0.15, -0.1) is 5.10 Å². The molecule has 0 saturated heterocycles. The molecule has 0 aliphatic rings. The van der Waals surface area contributed by atoms with Crippen LogP contribution in [0, 0.1) is 0 Å². The molecule has 1 N–H and O–H groups in total. The van der Waals surface area contributed by atoms with E-state index in [2.05, 4.69) is 19.9 Å². The minimum atomic E-state index is -3.24. The fraction of sp³-hybridized carbons (Fsp3) is 0.222. The van der Waals surface area contributed by atoms with E-state index in [0.29, 0.717) is 6.54 Å². The molecular formula is C9H10N4O2S2. The van der Waals surface area contributed by atoms with E-state index in [9.17, 15) is 8.42 Å². The van der Waals surface area contributed by atoms with E-state index in [4.69, 9.17) is 0 Å². The standard InChI is InChI=1S/C9H10N4O2S2/c1-17(14,15)9-3-2-7(4-11-9)10-5-8-6-16-13-12-8/h2-4,6,10H,5H2,1H3. The first-order chi connectivity index (χ1) is 8.05. The highest BCUT2D eigenvalue weighted by Crippen LogP contribution is 2.11. The zero-order chi connectivity index (χ0) is 12.3. The van der Waals surface area contributed by atoms with Gasteiger partial charge in [-0.25, -0.2) is 13.4 Å². The van der Waals surface area contributed by atoms with Crippen molar-refractivity contribution in [2.45, 2.75) is 11.6 Å². The third-order valence-corrected chi connectivity index (χ3v) is 3.55. The van der Waals surface area contributed by atoms with Gasteiger partial charge in [0, 0.05) is 11.6 Å². The van der Waals surface area contributed by atoms with Gasteiger partial charge in [0.2, 0.25) is 0 Å². The van der Waals surface area contributed by atoms with Gasteiger partial charge in [0.1, 0.15) is 0 Å². The van der Waals surface area contributed by atoms with E-state index in [1.165, 1.54) is 23.8 Å². The molecule has 0 bridgehead atoms. The average molecular weight is 270 g/mol. The first-order valence-corrected chi connectivity index (χ1v) is 7.44. The summed E-state index contributed by atoms with van der Waals surface area (Å²) >= 11 is 1.28. The molecule has 6 nitrogen and oxygen atoms in total. The number of nitrogens with one attached hydrogen (secondary N) is 1. The Balaban J connectivity index is 2.04. The monoisotopic (exact) mass is 270 g/mol. The van der Waals surface area contributed by atoms with Gasteiger partial charge in [-0.3, -0.25) is 0 Å². The van der Waals surface area contributed by atoms with Crippen molar-refractivity contribution in [1.82, 2.24) is 14.6 Å². The summed E-state index contributed by atoms with van der Waals surface area (Å²) in [5.41, 5.74) is 1.58. The largest absolute Gasteiger partial charge is 0.378 e. The van der Waals surface area contributed by atoms with Crippen molar-refractivity contribution < 1.29 is 8.42 Å². The van der Waals surface area contributed by atoms with Crippen LogP contribution in [0.2, 0.25) is 0 Å². The maximum atomic E-state index is 11.2. The molecule has 17 heavy (non-hydrogen) atoms. The lowest BCUT2D eigenvalue weighted by Crippen LogP contribution is -2.03. The van der Waals surface area contributed by atoms with Crippen LogP contribution in [0.1, 0.15) is 5.69 Å². The summed E-state index contributed by atoms with van der Waals surface area (Å²) in [6.07, 6.45) is 2.61. The van der Waals surface area contributed by atoms with Crippen molar-refractivity contribution in [2.75, 3.05) is 11.6 Å². The van der Waals surface area contributed by atoms with E-state index in [1.807, 2.05) is 5.38 Å². The van der Waals surface area contributed by atoms with Crippen LogP contribution < -0.4 is 5.32 Å². The van der Waals surface area contributed by atoms with Crippen molar-refractivity contribution in [1.29, 1.82) is 0 Å². The number of sulfone groups is 1. The molecule has 0 amide bonds. The quantitative estimate of drug-likeness (QED) is 0.890. The maximum Gasteiger partial charge on any atom is 0.192 e. The third-order valence-electron chi connectivity index (χ3n) is 2.00. The molecule has 0 spiro atoms. The number of hydrogen-bond donors (Lipinski definition) is 1. The van der Waals surface area contributed by atoms with Crippen molar-refractivity contribution in [3.8, 4) is 0 Å². The van der Waals surface area contributed by atoms with Gasteiger partial charge >= 0.3 is 0 Å². The number of aromatic nitrogens is 3. The van der Waals surface area contributed by atoms with Crippen LogP contribution >= 0.6 is 11.5 Å². The SMILES string of the molecule is CS(=O)(=O)c1ccc(NCc2csnn2)cn1. The maximum absolute atomic E-state index is 11.2. The Labute approximate surface area is 103 Å². The third kappa shape index (κ3) is 3.21. The summed E-state index contributed by atoms with van der Waals surface area (Å²) in [6, 6.07) is 3.14. The first-order valence-electron chi connectivity index (χ1n) is 4.71. The van der Waals surface area contributed by atoms with E-state index in [0.717, 1.165) is 17.6 Å². The predicted octanol–water partition coefficient (Wildman–Crippen LogP) is 0.949. The molecular weight excluding hydrogens is 260 g/mol. The van der Waals surface area contributed by atoms with Crippen LogP contribution in [0.25, 0.3) is 0 Å². The number of hydrogen-bond acceptors (Lipinski definition) is 7. The van der Waals surface area contributed by atoms with Crippen LogP contribution in [0.5, 0.6) is 0 Å². The molecule has 0 fully saturated rings. The Morgan fingerprint density at radius 1 is 1.41 bits per heavy atom. The zero-order valence-corrected chi connectivity index (χ0v) is 10.6. The van der Waals surface area contributed by atoms with E-state index < -0.39 is 9.84 Å². The van der Waals surface area contributed by atoms with Crippen LogP contribution in [-0.2, 0) is 16.4 Å². The number of pyridine rings is 1. The minimum Gasteiger partial charge on any atom is -0.378 e. The number of nitrogens with zero attached hydrogens (tertiary/aromatic N) is 3. The molecule has 2 rings (SSSR count). The van der Waals surface area contributed by atoms with Gasteiger partial charge in [-0.1, -0.05) is 4.49 Å². The molecule has 0 radical (unpaired) electrons. The summed E-state index contributed by atoms with van der Waals surface area (Å²) in [5, 5.41) is 8.86. The van der Waals surface area contributed by atoms with E-state index >= 15 is 0 Å². The lowest BCUT2D eigenvalue weighted by atomic mass is 10.4. The smallest absolute Gasteiger partial charge is 0.192 e. The van der Waals surface area contributed by atoms with Crippen molar-refractivity contribution in [3.05, 3.63) is 29.4 Å². The highest BCUT2D eigenvalue weighted by molar-refractivity contribution is 7.90. The lowest BCUT2D eigenvalue weighted by molar-refractivity contribution is 0.598. The second-order valence-corrected chi connectivity index (χ2v) is 5.98. The molecule has 90 valence electrons. The molecule has 2 heterocycles.